The van der Waals surface area contributed by atoms with Crippen molar-refractivity contribution in [2.45, 2.75) is 30.4 Å². The normalized spacial score (nSPS) is 12.7. The summed E-state index contributed by atoms with van der Waals surface area (Å²) in [6.45, 7) is 4.60. The number of rotatable bonds is 10. The standard InChI is InChI=1S/C17H26N2O5S2/c1-5-19(26(4,22)23)12-8-11-18-16(20)14-9-6-7-10-15(14)25-13(2)17(21)24-3/h6-7,9-10,13H,5,8,11-12H2,1-4H3,(H,18,20). The number of sulfonamides is 1. The molecular weight excluding hydrogens is 376 g/mol. The molecule has 26 heavy (non-hydrogen) atoms. The molecule has 0 fully saturated rings. The van der Waals surface area contributed by atoms with Gasteiger partial charge in [-0.15, -0.1) is 11.8 Å². The molecule has 0 spiro atoms. The smallest absolute Gasteiger partial charge is 0.318 e. The monoisotopic (exact) mass is 402 g/mol. The molecule has 1 unspecified atom stereocenters. The van der Waals surface area contributed by atoms with Crippen molar-refractivity contribution in [1.82, 2.24) is 9.62 Å². The lowest BCUT2D eigenvalue weighted by Gasteiger charge is -2.18. The number of benzene rings is 1. The van der Waals surface area contributed by atoms with Gasteiger partial charge in [-0.25, -0.2) is 12.7 Å². The number of hydrogen-bond acceptors (Lipinski definition) is 6. The summed E-state index contributed by atoms with van der Waals surface area (Å²) in [5.41, 5.74) is 0.476. The third-order valence-electron chi connectivity index (χ3n) is 3.66. The highest BCUT2D eigenvalue weighted by Gasteiger charge is 2.19. The average Bonchev–Trinajstić information content (AvgIpc) is 2.60. The van der Waals surface area contributed by atoms with Gasteiger partial charge in [0.2, 0.25) is 10.0 Å². The molecule has 1 amide bonds. The van der Waals surface area contributed by atoms with Crippen molar-refractivity contribution >= 4 is 33.7 Å². The van der Waals surface area contributed by atoms with Gasteiger partial charge in [0.15, 0.2) is 0 Å². The van der Waals surface area contributed by atoms with E-state index in [4.69, 9.17) is 4.74 Å². The Morgan fingerprint density at radius 3 is 2.54 bits per heavy atom. The Kier molecular flexibility index (Phi) is 9.11. The van der Waals surface area contributed by atoms with Crippen molar-refractivity contribution in [2.24, 2.45) is 0 Å². The van der Waals surface area contributed by atoms with Crippen LogP contribution in [0.5, 0.6) is 0 Å². The maximum Gasteiger partial charge on any atom is 0.318 e. The Balaban J connectivity index is 2.64. The zero-order valence-electron chi connectivity index (χ0n) is 15.5. The number of methoxy groups -OCH3 is 1. The molecule has 0 heterocycles. The highest BCUT2D eigenvalue weighted by atomic mass is 32.2. The lowest BCUT2D eigenvalue weighted by molar-refractivity contribution is -0.139. The Hall–Kier alpha value is -1.58. The van der Waals surface area contributed by atoms with Crippen LogP contribution in [0, 0.1) is 0 Å². The van der Waals surface area contributed by atoms with Gasteiger partial charge in [-0.3, -0.25) is 9.59 Å². The van der Waals surface area contributed by atoms with Gasteiger partial charge < -0.3 is 10.1 Å². The minimum absolute atomic E-state index is 0.257. The van der Waals surface area contributed by atoms with Crippen molar-refractivity contribution in [3.63, 3.8) is 0 Å². The first-order valence-electron chi connectivity index (χ1n) is 8.27. The second-order valence-electron chi connectivity index (χ2n) is 5.64. The van der Waals surface area contributed by atoms with Crippen LogP contribution >= 0.6 is 11.8 Å². The van der Waals surface area contributed by atoms with Gasteiger partial charge in [0.05, 0.1) is 18.9 Å². The van der Waals surface area contributed by atoms with Gasteiger partial charge >= 0.3 is 5.97 Å². The zero-order valence-corrected chi connectivity index (χ0v) is 17.2. The van der Waals surface area contributed by atoms with Crippen molar-refractivity contribution in [2.75, 3.05) is 33.0 Å². The number of nitrogens with one attached hydrogen (secondary N) is 1. The maximum atomic E-state index is 12.4. The molecule has 0 aromatic heterocycles. The quantitative estimate of drug-likeness (QED) is 0.364. The number of esters is 1. The number of nitrogens with zero attached hydrogens (tertiary/aromatic N) is 1. The van der Waals surface area contributed by atoms with E-state index in [0.717, 1.165) is 0 Å². The topological polar surface area (TPSA) is 92.8 Å². The lowest BCUT2D eigenvalue weighted by atomic mass is 10.2. The molecule has 1 N–H and O–H groups in total. The van der Waals surface area contributed by atoms with Gasteiger partial charge in [0.25, 0.3) is 5.91 Å². The number of thioether (sulfide) groups is 1. The zero-order chi connectivity index (χ0) is 19.7. The Morgan fingerprint density at radius 2 is 1.96 bits per heavy atom. The molecule has 146 valence electrons. The summed E-state index contributed by atoms with van der Waals surface area (Å²) in [7, 11) is -1.90. The average molecular weight is 403 g/mol. The molecular formula is C17H26N2O5S2. The van der Waals surface area contributed by atoms with Crippen LogP contribution in [0.3, 0.4) is 0 Å². The minimum Gasteiger partial charge on any atom is -0.468 e. The molecule has 1 rings (SSSR count). The first kappa shape index (κ1) is 22.5. The predicted octanol–water partition coefficient (Wildman–Crippen LogP) is 1.74. The van der Waals surface area contributed by atoms with Gasteiger partial charge in [-0.1, -0.05) is 19.1 Å². The van der Waals surface area contributed by atoms with Crippen LogP contribution in [0.15, 0.2) is 29.2 Å². The second kappa shape index (κ2) is 10.5. The number of carbonyl (C=O) groups is 2. The van der Waals surface area contributed by atoms with Crippen LogP contribution in [-0.4, -0.2) is 62.8 Å². The van der Waals surface area contributed by atoms with E-state index in [0.29, 0.717) is 36.5 Å². The molecule has 1 aromatic carbocycles. The summed E-state index contributed by atoms with van der Waals surface area (Å²) in [4.78, 5) is 24.7. The van der Waals surface area contributed by atoms with Crippen molar-refractivity contribution in [3.05, 3.63) is 29.8 Å². The number of amides is 1. The first-order valence-corrected chi connectivity index (χ1v) is 11.0. The molecule has 9 heteroatoms. The van der Waals surface area contributed by atoms with E-state index in [9.17, 15) is 18.0 Å². The van der Waals surface area contributed by atoms with Crippen molar-refractivity contribution in [1.29, 1.82) is 0 Å². The van der Waals surface area contributed by atoms with Gasteiger partial charge in [-0.2, -0.15) is 0 Å². The van der Waals surface area contributed by atoms with Gasteiger partial charge in [-0.05, 0) is 25.5 Å². The molecule has 0 aliphatic carbocycles. The van der Waals surface area contributed by atoms with E-state index in [1.54, 1.807) is 38.1 Å². The SMILES string of the molecule is CCN(CCCNC(=O)c1ccccc1SC(C)C(=O)OC)S(C)(=O)=O. The third kappa shape index (κ3) is 6.97. The van der Waals surface area contributed by atoms with E-state index < -0.39 is 15.3 Å². The Labute approximate surface area is 159 Å². The summed E-state index contributed by atoms with van der Waals surface area (Å²) >= 11 is 1.26. The van der Waals surface area contributed by atoms with E-state index in [2.05, 4.69) is 5.32 Å². The maximum absolute atomic E-state index is 12.4. The molecule has 0 aliphatic rings. The van der Waals surface area contributed by atoms with Crippen molar-refractivity contribution < 1.29 is 22.7 Å². The summed E-state index contributed by atoms with van der Waals surface area (Å²) < 4.78 is 29.1. The van der Waals surface area contributed by atoms with E-state index in [1.165, 1.54) is 29.4 Å². The molecule has 1 aromatic rings. The van der Waals surface area contributed by atoms with Crippen LogP contribution in [0.4, 0.5) is 0 Å². The van der Waals surface area contributed by atoms with E-state index in [-0.39, 0.29) is 11.9 Å². The lowest BCUT2D eigenvalue weighted by Crippen LogP contribution is -2.33. The van der Waals surface area contributed by atoms with Crippen LogP contribution in [0.25, 0.3) is 0 Å². The number of ether oxygens (including phenoxy) is 1. The summed E-state index contributed by atoms with van der Waals surface area (Å²) in [6.07, 6.45) is 1.69. The molecule has 7 nitrogen and oxygen atoms in total. The Bertz CT molecular complexity index is 722. The summed E-state index contributed by atoms with van der Waals surface area (Å²) in [5, 5.41) is 2.37. The minimum atomic E-state index is -3.23. The fourth-order valence-corrected chi connectivity index (χ4v) is 4.22. The number of hydrogen-bond donors (Lipinski definition) is 1. The van der Waals surface area contributed by atoms with E-state index in [1.807, 2.05) is 0 Å². The summed E-state index contributed by atoms with van der Waals surface area (Å²) in [5.74, 6) is -0.613. The van der Waals surface area contributed by atoms with Crippen LogP contribution in [-0.2, 0) is 19.6 Å². The van der Waals surface area contributed by atoms with Crippen LogP contribution in [0.1, 0.15) is 30.6 Å². The highest BCUT2D eigenvalue weighted by Crippen LogP contribution is 2.27. The molecule has 0 radical (unpaired) electrons. The molecule has 0 aliphatic heterocycles. The third-order valence-corrected chi connectivity index (χ3v) is 6.19. The number of carbonyl (C=O) groups excluding carboxylic acids is 2. The van der Waals surface area contributed by atoms with E-state index >= 15 is 0 Å². The fourth-order valence-electron chi connectivity index (χ4n) is 2.27. The Morgan fingerprint density at radius 1 is 1.31 bits per heavy atom. The predicted molar refractivity (Wildman–Crippen MR) is 103 cm³/mol. The van der Waals surface area contributed by atoms with Crippen molar-refractivity contribution in [3.8, 4) is 0 Å². The molecule has 0 saturated carbocycles. The van der Waals surface area contributed by atoms with Crippen LogP contribution < -0.4 is 5.32 Å². The second-order valence-corrected chi connectivity index (χ2v) is 9.01. The molecule has 0 bridgehead atoms. The largest absolute Gasteiger partial charge is 0.468 e. The summed E-state index contributed by atoms with van der Waals surface area (Å²) in [6, 6.07) is 7.02. The highest BCUT2D eigenvalue weighted by molar-refractivity contribution is 8.00. The van der Waals surface area contributed by atoms with Crippen LogP contribution in [0.2, 0.25) is 0 Å². The first-order chi connectivity index (χ1) is 12.2. The van der Waals surface area contributed by atoms with Gasteiger partial charge in [0, 0.05) is 24.5 Å². The van der Waals surface area contributed by atoms with Gasteiger partial charge in [0.1, 0.15) is 5.25 Å². The molecule has 1 atom stereocenters. The fraction of sp³-hybridized carbons (Fsp3) is 0.529. The molecule has 0 saturated heterocycles.